The number of rotatable bonds is 6. The quantitative estimate of drug-likeness (QED) is 0.819. The molecule has 1 aromatic heterocycles. The van der Waals surface area contributed by atoms with E-state index in [1.807, 2.05) is 6.92 Å². The summed E-state index contributed by atoms with van der Waals surface area (Å²) in [6, 6.07) is 0.862. The van der Waals surface area contributed by atoms with Crippen LogP contribution in [-0.4, -0.2) is 27.8 Å². The SMILES string of the molecule is CCCNC(C)(Cn1ccc(C(F)(F)F)n1)C(N)=O. The fraction of sp³-hybridized carbons (Fsp3) is 0.636. The highest BCUT2D eigenvalue weighted by atomic mass is 19.4. The lowest BCUT2D eigenvalue weighted by atomic mass is 10.0. The Balaban J connectivity index is 2.85. The molecule has 0 aliphatic carbocycles. The second-order valence-corrected chi connectivity index (χ2v) is 4.52. The van der Waals surface area contributed by atoms with Crippen LogP contribution in [-0.2, 0) is 17.5 Å². The zero-order valence-electron chi connectivity index (χ0n) is 10.8. The number of primary amides is 1. The van der Waals surface area contributed by atoms with Crippen LogP contribution in [0.5, 0.6) is 0 Å². The number of aromatic nitrogens is 2. The van der Waals surface area contributed by atoms with E-state index in [2.05, 4.69) is 10.4 Å². The molecule has 1 rings (SSSR count). The third-order valence-corrected chi connectivity index (χ3v) is 2.72. The number of halogens is 3. The van der Waals surface area contributed by atoms with Crippen molar-refractivity contribution in [2.45, 2.75) is 38.5 Å². The average molecular weight is 278 g/mol. The van der Waals surface area contributed by atoms with E-state index in [4.69, 9.17) is 5.73 Å². The molecule has 19 heavy (non-hydrogen) atoms. The summed E-state index contributed by atoms with van der Waals surface area (Å²) >= 11 is 0. The summed E-state index contributed by atoms with van der Waals surface area (Å²) in [5.41, 5.74) is 3.16. The molecule has 1 atom stereocenters. The molecule has 0 aromatic carbocycles. The molecule has 0 saturated carbocycles. The summed E-state index contributed by atoms with van der Waals surface area (Å²) in [4.78, 5) is 11.4. The first-order valence-electron chi connectivity index (χ1n) is 5.84. The van der Waals surface area contributed by atoms with Crippen molar-refractivity contribution in [2.24, 2.45) is 5.73 Å². The lowest BCUT2D eigenvalue weighted by molar-refractivity contribution is -0.141. The number of hydrogen-bond donors (Lipinski definition) is 2. The Kier molecular flexibility index (Phi) is 4.56. The summed E-state index contributed by atoms with van der Waals surface area (Å²) in [5.74, 6) is -0.634. The van der Waals surface area contributed by atoms with Crippen LogP contribution in [0.1, 0.15) is 26.0 Å². The van der Waals surface area contributed by atoms with E-state index in [1.165, 1.54) is 6.20 Å². The van der Waals surface area contributed by atoms with Crippen molar-refractivity contribution >= 4 is 5.91 Å². The highest BCUT2D eigenvalue weighted by Gasteiger charge is 2.35. The maximum atomic E-state index is 12.4. The van der Waals surface area contributed by atoms with Crippen LogP contribution in [0.3, 0.4) is 0 Å². The number of carbonyl (C=O) groups excluding carboxylic acids is 1. The summed E-state index contributed by atoms with van der Waals surface area (Å²) in [6.45, 7) is 3.93. The normalized spacial score (nSPS) is 15.2. The smallest absolute Gasteiger partial charge is 0.368 e. The number of nitrogens with one attached hydrogen (secondary N) is 1. The Morgan fingerprint density at radius 1 is 1.53 bits per heavy atom. The van der Waals surface area contributed by atoms with Gasteiger partial charge in [0.25, 0.3) is 0 Å². The predicted molar refractivity (Wildman–Crippen MR) is 63.1 cm³/mol. The topological polar surface area (TPSA) is 72.9 Å². The molecule has 0 fully saturated rings. The third-order valence-electron chi connectivity index (χ3n) is 2.72. The lowest BCUT2D eigenvalue weighted by Gasteiger charge is -2.27. The Bertz CT molecular complexity index is 443. The highest BCUT2D eigenvalue weighted by Crippen LogP contribution is 2.27. The molecule has 0 saturated heterocycles. The fourth-order valence-electron chi connectivity index (χ4n) is 1.55. The number of nitrogens with two attached hydrogens (primary N) is 1. The molecule has 1 amide bonds. The summed E-state index contributed by atoms with van der Waals surface area (Å²) in [7, 11) is 0. The molecular formula is C11H17F3N4O. The largest absolute Gasteiger partial charge is 0.435 e. The maximum Gasteiger partial charge on any atom is 0.435 e. The molecule has 1 heterocycles. The summed E-state index contributed by atoms with van der Waals surface area (Å²) in [5, 5.41) is 6.33. The molecule has 5 nitrogen and oxygen atoms in total. The van der Waals surface area contributed by atoms with E-state index in [0.717, 1.165) is 17.2 Å². The average Bonchev–Trinajstić information content (AvgIpc) is 2.74. The van der Waals surface area contributed by atoms with Gasteiger partial charge in [-0.15, -0.1) is 0 Å². The van der Waals surface area contributed by atoms with Crippen molar-refractivity contribution < 1.29 is 18.0 Å². The number of nitrogens with zero attached hydrogens (tertiary/aromatic N) is 2. The van der Waals surface area contributed by atoms with E-state index in [1.54, 1.807) is 6.92 Å². The van der Waals surface area contributed by atoms with Gasteiger partial charge in [0.2, 0.25) is 5.91 Å². The molecule has 0 radical (unpaired) electrons. The van der Waals surface area contributed by atoms with Gasteiger partial charge in [0.15, 0.2) is 5.69 Å². The van der Waals surface area contributed by atoms with Gasteiger partial charge in [-0.3, -0.25) is 9.48 Å². The predicted octanol–water partition coefficient (Wildman–Crippen LogP) is 1.15. The summed E-state index contributed by atoms with van der Waals surface area (Å²) in [6.07, 6.45) is -2.54. The minimum atomic E-state index is -4.49. The van der Waals surface area contributed by atoms with Gasteiger partial charge in [0.1, 0.15) is 5.54 Å². The zero-order valence-corrected chi connectivity index (χ0v) is 10.8. The first-order chi connectivity index (χ1) is 8.69. The van der Waals surface area contributed by atoms with Crippen molar-refractivity contribution in [3.05, 3.63) is 18.0 Å². The van der Waals surface area contributed by atoms with Gasteiger partial charge in [-0.1, -0.05) is 6.92 Å². The second kappa shape index (κ2) is 5.60. The lowest BCUT2D eigenvalue weighted by Crippen LogP contribution is -2.56. The minimum absolute atomic E-state index is 0.0571. The van der Waals surface area contributed by atoms with Crippen LogP contribution in [0.2, 0.25) is 0 Å². The van der Waals surface area contributed by atoms with E-state index in [-0.39, 0.29) is 6.54 Å². The first kappa shape index (κ1) is 15.5. The molecule has 0 spiro atoms. The van der Waals surface area contributed by atoms with E-state index >= 15 is 0 Å². The zero-order chi connectivity index (χ0) is 14.7. The third kappa shape index (κ3) is 3.95. The van der Waals surface area contributed by atoms with Crippen LogP contribution in [0.25, 0.3) is 0 Å². The fourth-order valence-corrected chi connectivity index (χ4v) is 1.55. The van der Waals surface area contributed by atoms with Gasteiger partial charge in [0.05, 0.1) is 6.54 Å². The molecule has 108 valence electrons. The number of carbonyl (C=O) groups is 1. The highest BCUT2D eigenvalue weighted by molar-refractivity contribution is 5.84. The van der Waals surface area contributed by atoms with Crippen LogP contribution in [0, 0.1) is 0 Å². The summed E-state index contributed by atoms with van der Waals surface area (Å²) < 4.78 is 38.3. The first-order valence-corrected chi connectivity index (χ1v) is 5.84. The van der Waals surface area contributed by atoms with Crippen LogP contribution >= 0.6 is 0 Å². The number of alkyl halides is 3. The van der Waals surface area contributed by atoms with Crippen molar-refractivity contribution in [2.75, 3.05) is 6.54 Å². The standard InChI is InChI=1S/C11H17F3N4O/c1-3-5-16-10(2,9(15)19)7-18-6-4-8(17-18)11(12,13)14/h4,6,16H,3,5,7H2,1-2H3,(H2,15,19). The molecule has 1 unspecified atom stereocenters. The Hall–Kier alpha value is -1.57. The van der Waals surface area contributed by atoms with Crippen LogP contribution in [0.4, 0.5) is 13.2 Å². The van der Waals surface area contributed by atoms with Gasteiger partial charge < -0.3 is 11.1 Å². The molecule has 1 aromatic rings. The monoisotopic (exact) mass is 278 g/mol. The minimum Gasteiger partial charge on any atom is -0.368 e. The molecule has 3 N–H and O–H groups in total. The van der Waals surface area contributed by atoms with E-state index < -0.39 is 23.3 Å². The Morgan fingerprint density at radius 2 is 2.16 bits per heavy atom. The number of hydrogen-bond acceptors (Lipinski definition) is 3. The van der Waals surface area contributed by atoms with Crippen molar-refractivity contribution in [1.29, 1.82) is 0 Å². The second-order valence-electron chi connectivity index (χ2n) is 4.52. The molecule has 0 aliphatic heterocycles. The number of amides is 1. The molecule has 0 bridgehead atoms. The van der Waals surface area contributed by atoms with Gasteiger partial charge in [-0.05, 0) is 26.0 Å². The molecular weight excluding hydrogens is 261 g/mol. The van der Waals surface area contributed by atoms with Crippen molar-refractivity contribution in [3.63, 3.8) is 0 Å². The van der Waals surface area contributed by atoms with Gasteiger partial charge in [0, 0.05) is 6.20 Å². The van der Waals surface area contributed by atoms with Crippen molar-refractivity contribution in [3.8, 4) is 0 Å². The molecule has 8 heteroatoms. The maximum absolute atomic E-state index is 12.4. The van der Waals surface area contributed by atoms with Gasteiger partial charge in [-0.25, -0.2) is 0 Å². The Labute approximate surface area is 109 Å². The van der Waals surface area contributed by atoms with Crippen LogP contribution in [0.15, 0.2) is 12.3 Å². The van der Waals surface area contributed by atoms with E-state index in [9.17, 15) is 18.0 Å². The molecule has 0 aliphatic rings. The van der Waals surface area contributed by atoms with Gasteiger partial charge in [-0.2, -0.15) is 18.3 Å². The van der Waals surface area contributed by atoms with Crippen LogP contribution < -0.4 is 11.1 Å². The van der Waals surface area contributed by atoms with Gasteiger partial charge >= 0.3 is 6.18 Å². The Morgan fingerprint density at radius 3 is 2.58 bits per heavy atom. The van der Waals surface area contributed by atoms with Crippen molar-refractivity contribution in [1.82, 2.24) is 15.1 Å². The van der Waals surface area contributed by atoms with E-state index in [0.29, 0.717) is 6.54 Å².